The van der Waals surface area contributed by atoms with E-state index in [-0.39, 0.29) is 35.5 Å². The number of H-pyrrole nitrogens is 1. The second-order valence-electron chi connectivity index (χ2n) is 6.34. The number of methoxy groups -OCH3 is 1. The molecular weight excluding hydrogens is 489 g/mol. The molecule has 0 atom stereocenters. The van der Waals surface area contributed by atoms with Crippen molar-refractivity contribution in [3.63, 3.8) is 0 Å². The van der Waals surface area contributed by atoms with Crippen LogP contribution in [0.3, 0.4) is 0 Å². The van der Waals surface area contributed by atoms with Crippen molar-refractivity contribution in [3.8, 4) is 5.75 Å². The van der Waals surface area contributed by atoms with E-state index in [0.717, 1.165) is 35.0 Å². The molecule has 1 heterocycles. The van der Waals surface area contributed by atoms with Crippen molar-refractivity contribution in [2.24, 2.45) is 4.99 Å². The lowest BCUT2D eigenvalue weighted by atomic mass is 10.1. The molecule has 0 unspecified atom stereocenters. The van der Waals surface area contributed by atoms with Crippen LogP contribution in [0.15, 0.2) is 47.6 Å². The predicted octanol–water partition coefficient (Wildman–Crippen LogP) is 4.37. The number of aromatic amines is 1. The van der Waals surface area contributed by atoms with Gasteiger partial charge in [-0.2, -0.15) is 0 Å². The quantitative estimate of drug-likeness (QED) is 0.250. The summed E-state index contributed by atoms with van der Waals surface area (Å²) in [7, 11) is 1.44. The number of hydrogen-bond acceptors (Lipinski definition) is 2. The number of guanidine groups is 1. The topological polar surface area (TPSA) is 61.4 Å². The monoisotopic (exact) mass is 514 g/mol. The van der Waals surface area contributed by atoms with E-state index in [4.69, 9.17) is 4.74 Å². The van der Waals surface area contributed by atoms with Crippen LogP contribution in [0, 0.1) is 11.6 Å². The van der Waals surface area contributed by atoms with Crippen LogP contribution in [-0.2, 0) is 13.0 Å². The average Bonchev–Trinajstić information content (AvgIpc) is 3.08. The highest BCUT2D eigenvalue weighted by molar-refractivity contribution is 14.0. The van der Waals surface area contributed by atoms with Gasteiger partial charge in [-0.1, -0.05) is 6.07 Å². The molecule has 0 radical (unpaired) electrons. The number of aliphatic imine (C=N–C) groups is 1. The van der Waals surface area contributed by atoms with E-state index in [1.54, 1.807) is 18.2 Å². The lowest BCUT2D eigenvalue weighted by Crippen LogP contribution is -2.38. The van der Waals surface area contributed by atoms with Gasteiger partial charge in [-0.05, 0) is 54.8 Å². The van der Waals surface area contributed by atoms with Crippen LogP contribution in [0.5, 0.6) is 5.75 Å². The zero-order valence-corrected chi connectivity index (χ0v) is 18.7. The first-order valence-corrected chi connectivity index (χ1v) is 9.20. The summed E-state index contributed by atoms with van der Waals surface area (Å²) in [6.07, 6.45) is 2.66. The summed E-state index contributed by atoms with van der Waals surface area (Å²) < 4.78 is 32.0. The maximum absolute atomic E-state index is 13.8. The molecule has 0 fully saturated rings. The zero-order valence-electron chi connectivity index (χ0n) is 16.4. The fourth-order valence-corrected chi connectivity index (χ4v) is 3.00. The first kappa shape index (κ1) is 22.9. The summed E-state index contributed by atoms with van der Waals surface area (Å²) in [5.74, 6) is 0.223. The number of nitrogens with zero attached hydrogens (tertiary/aromatic N) is 1. The first-order valence-electron chi connectivity index (χ1n) is 9.20. The minimum Gasteiger partial charge on any atom is -0.494 e. The summed E-state index contributed by atoms with van der Waals surface area (Å²) in [5, 5.41) is 7.47. The van der Waals surface area contributed by atoms with Gasteiger partial charge in [-0.25, -0.2) is 13.8 Å². The molecule has 1 aromatic heterocycles. The third-order valence-electron chi connectivity index (χ3n) is 4.40. The molecule has 8 heteroatoms. The standard InChI is InChI=1S/C21H24F2N4O.HI/c1-3-24-21(27-12-14-4-7-20(28-2)18(23)10-14)25-9-8-15-13-26-19-11-16(22)5-6-17(15)19;/h4-7,10-11,13,26H,3,8-9,12H2,1-2H3,(H2,24,25,27);1H. The summed E-state index contributed by atoms with van der Waals surface area (Å²) in [6.45, 7) is 3.71. The minimum absolute atomic E-state index is 0. The number of aromatic nitrogens is 1. The molecule has 0 aliphatic rings. The van der Waals surface area contributed by atoms with E-state index in [0.29, 0.717) is 19.0 Å². The highest BCUT2D eigenvalue weighted by atomic mass is 127. The molecule has 0 aliphatic carbocycles. The van der Waals surface area contributed by atoms with Crippen LogP contribution in [0.2, 0.25) is 0 Å². The number of rotatable bonds is 7. The highest BCUT2D eigenvalue weighted by Crippen LogP contribution is 2.20. The minimum atomic E-state index is -0.399. The molecule has 0 amide bonds. The van der Waals surface area contributed by atoms with E-state index < -0.39 is 5.82 Å². The Labute approximate surface area is 186 Å². The SMILES string of the molecule is CCNC(=NCc1ccc(OC)c(F)c1)NCCc1c[nH]c2cc(F)ccc12.I. The van der Waals surface area contributed by atoms with Crippen LogP contribution in [0.25, 0.3) is 10.9 Å². The van der Waals surface area contributed by atoms with Crippen LogP contribution in [-0.4, -0.2) is 31.1 Å². The fraction of sp³-hybridized carbons (Fsp3) is 0.286. The maximum Gasteiger partial charge on any atom is 0.191 e. The summed E-state index contributed by atoms with van der Waals surface area (Å²) in [6, 6.07) is 9.56. The first-order chi connectivity index (χ1) is 13.6. The molecular formula is C21H25F2IN4O. The molecule has 3 rings (SSSR count). The number of halogens is 3. The Balaban J connectivity index is 0.00000300. The lowest BCUT2D eigenvalue weighted by Gasteiger charge is -2.11. The predicted molar refractivity (Wildman–Crippen MR) is 123 cm³/mol. The normalized spacial score (nSPS) is 11.2. The van der Waals surface area contributed by atoms with Gasteiger partial charge in [0.1, 0.15) is 5.82 Å². The zero-order chi connectivity index (χ0) is 19.9. The molecule has 29 heavy (non-hydrogen) atoms. The average molecular weight is 514 g/mol. The lowest BCUT2D eigenvalue weighted by molar-refractivity contribution is 0.386. The van der Waals surface area contributed by atoms with Crippen molar-refractivity contribution >= 4 is 40.8 Å². The molecule has 0 saturated heterocycles. The number of ether oxygens (including phenoxy) is 1. The van der Waals surface area contributed by atoms with Crippen LogP contribution in [0.1, 0.15) is 18.1 Å². The number of hydrogen-bond donors (Lipinski definition) is 3. The summed E-state index contributed by atoms with van der Waals surface area (Å²) >= 11 is 0. The van der Waals surface area contributed by atoms with Gasteiger partial charge in [0, 0.05) is 30.2 Å². The Morgan fingerprint density at radius 3 is 2.69 bits per heavy atom. The second-order valence-corrected chi connectivity index (χ2v) is 6.34. The molecule has 0 spiro atoms. The molecule has 2 aromatic carbocycles. The summed E-state index contributed by atoms with van der Waals surface area (Å²) in [4.78, 5) is 7.60. The van der Waals surface area contributed by atoms with Gasteiger partial charge in [0.25, 0.3) is 0 Å². The maximum atomic E-state index is 13.8. The largest absolute Gasteiger partial charge is 0.494 e. The van der Waals surface area contributed by atoms with Gasteiger partial charge in [-0.3, -0.25) is 0 Å². The Morgan fingerprint density at radius 1 is 1.14 bits per heavy atom. The van der Waals surface area contributed by atoms with Gasteiger partial charge < -0.3 is 20.4 Å². The van der Waals surface area contributed by atoms with E-state index in [1.807, 2.05) is 13.1 Å². The van der Waals surface area contributed by atoms with Crippen molar-refractivity contribution in [1.82, 2.24) is 15.6 Å². The Bertz CT molecular complexity index is 974. The van der Waals surface area contributed by atoms with Crippen molar-refractivity contribution < 1.29 is 13.5 Å². The molecule has 0 aliphatic heterocycles. The smallest absolute Gasteiger partial charge is 0.191 e. The van der Waals surface area contributed by atoms with Gasteiger partial charge in [0.2, 0.25) is 0 Å². The Morgan fingerprint density at radius 2 is 1.97 bits per heavy atom. The van der Waals surface area contributed by atoms with E-state index in [9.17, 15) is 8.78 Å². The van der Waals surface area contributed by atoms with Gasteiger partial charge >= 0.3 is 0 Å². The van der Waals surface area contributed by atoms with Gasteiger partial charge in [-0.15, -0.1) is 24.0 Å². The third kappa shape index (κ3) is 6.06. The number of nitrogens with one attached hydrogen (secondary N) is 3. The molecule has 3 N–H and O–H groups in total. The van der Waals surface area contributed by atoms with Crippen molar-refractivity contribution in [3.05, 3.63) is 65.4 Å². The summed E-state index contributed by atoms with van der Waals surface area (Å²) in [5.41, 5.74) is 2.65. The van der Waals surface area contributed by atoms with Crippen molar-refractivity contribution in [1.29, 1.82) is 0 Å². The molecule has 0 saturated carbocycles. The van der Waals surface area contributed by atoms with Crippen LogP contribution < -0.4 is 15.4 Å². The Hall–Kier alpha value is -2.36. The molecule has 0 bridgehead atoms. The number of fused-ring (bicyclic) bond motifs is 1. The third-order valence-corrected chi connectivity index (χ3v) is 4.40. The van der Waals surface area contributed by atoms with Crippen molar-refractivity contribution in [2.75, 3.05) is 20.2 Å². The second kappa shape index (κ2) is 11.0. The van der Waals surface area contributed by atoms with Gasteiger partial charge in [0.15, 0.2) is 17.5 Å². The van der Waals surface area contributed by atoms with E-state index in [2.05, 4.69) is 20.6 Å². The molecule has 156 valence electrons. The Kier molecular flexibility index (Phi) is 8.69. The molecule has 5 nitrogen and oxygen atoms in total. The van der Waals surface area contributed by atoms with E-state index in [1.165, 1.54) is 25.3 Å². The number of benzene rings is 2. The fourth-order valence-electron chi connectivity index (χ4n) is 3.00. The van der Waals surface area contributed by atoms with Gasteiger partial charge in [0.05, 0.1) is 13.7 Å². The van der Waals surface area contributed by atoms with E-state index >= 15 is 0 Å². The van der Waals surface area contributed by atoms with Crippen LogP contribution >= 0.6 is 24.0 Å². The van der Waals surface area contributed by atoms with Crippen LogP contribution in [0.4, 0.5) is 8.78 Å². The highest BCUT2D eigenvalue weighted by Gasteiger charge is 2.06. The van der Waals surface area contributed by atoms with Crippen molar-refractivity contribution in [2.45, 2.75) is 19.9 Å². The molecule has 3 aromatic rings.